The topological polar surface area (TPSA) is 64.4 Å². The van der Waals surface area contributed by atoms with Crippen LogP contribution in [0.4, 0.5) is 4.79 Å². The Morgan fingerprint density at radius 3 is 2.68 bits per heavy atom. The van der Waals surface area contributed by atoms with E-state index in [0.29, 0.717) is 25.2 Å². The number of allylic oxidation sites excluding steroid dienone is 1. The third-order valence-corrected chi connectivity index (χ3v) is 4.94. The molecule has 1 aromatic heterocycles. The first-order valence-corrected chi connectivity index (χ1v) is 9.45. The summed E-state index contributed by atoms with van der Waals surface area (Å²) in [6, 6.07) is 7.89. The minimum atomic E-state index is -0.536. The first-order valence-electron chi connectivity index (χ1n) is 9.45. The van der Waals surface area contributed by atoms with Crippen LogP contribution in [0.25, 0.3) is 11.6 Å². The zero-order valence-electron chi connectivity index (χ0n) is 16.6. The number of ether oxygens (including phenoxy) is 1. The van der Waals surface area contributed by atoms with E-state index < -0.39 is 5.60 Å². The molecule has 0 bridgehead atoms. The average molecular weight is 377 g/mol. The summed E-state index contributed by atoms with van der Waals surface area (Å²) in [7, 11) is 0. The van der Waals surface area contributed by atoms with Gasteiger partial charge in [-0.1, -0.05) is 24.3 Å². The number of imidazole rings is 1. The fourth-order valence-electron chi connectivity index (χ4n) is 3.79. The Kier molecular flexibility index (Phi) is 4.24. The zero-order chi connectivity index (χ0) is 20.1. The van der Waals surface area contributed by atoms with Gasteiger partial charge in [-0.15, -0.1) is 0 Å². The van der Waals surface area contributed by atoms with Crippen LogP contribution in [0, 0.1) is 0 Å². The minimum Gasteiger partial charge on any atom is -0.444 e. The van der Waals surface area contributed by atoms with E-state index in [1.807, 2.05) is 58.0 Å². The zero-order valence-corrected chi connectivity index (χ0v) is 16.6. The molecule has 1 aromatic carbocycles. The molecule has 0 saturated carbocycles. The summed E-state index contributed by atoms with van der Waals surface area (Å²) in [6.45, 7) is 9.15. The highest BCUT2D eigenvalue weighted by molar-refractivity contribution is 5.97. The maximum Gasteiger partial charge on any atom is 0.410 e. The number of benzene rings is 1. The predicted octanol–water partition coefficient (Wildman–Crippen LogP) is 1.90. The highest BCUT2D eigenvalue weighted by atomic mass is 16.6. The van der Waals surface area contributed by atoms with Crippen LogP contribution in [0.15, 0.2) is 29.8 Å². The largest absolute Gasteiger partial charge is 0.444 e. The number of carbonyl (C=O) groups is 1. The SMILES string of the molecule is CCn1c(C2=c3ccccc3=CC2=C=O)nc2c1CN(C(=O)OC(C)(C)C)C2. The van der Waals surface area contributed by atoms with Crippen molar-refractivity contribution in [2.75, 3.05) is 0 Å². The maximum absolute atomic E-state index is 12.4. The first kappa shape index (κ1) is 18.3. The highest BCUT2D eigenvalue weighted by Crippen LogP contribution is 2.30. The second-order valence-corrected chi connectivity index (χ2v) is 8.03. The average Bonchev–Trinajstić information content (AvgIpc) is 3.29. The van der Waals surface area contributed by atoms with E-state index in [1.54, 1.807) is 4.90 Å². The van der Waals surface area contributed by atoms with E-state index in [-0.39, 0.29) is 6.09 Å². The number of hydrogen-bond donors (Lipinski definition) is 0. The summed E-state index contributed by atoms with van der Waals surface area (Å²) >= 11 is 0. The van der Waals surface area contributed by atoms with E-state index in [2.05, 4.69) is 10.5 Å². The van der Waals surface area contributed by atoms with Crippen molar-refractivity contribution >= 4 is 23.7 Å². The Balaban J connectivity index is 1.76. The molecule has 0 radical (unpaired) electrons. The second kappa shape index (κ2) is 6.50. The number of amides is 1. The van der Waals surface area contributed by atoms with Gasteiger partial charge in [0.05, 0.1) is 30.1 Å². The Morgan fingerprint density at radius 1 is 1.25 bits per heavy atom. The molecule has 28 heavy (non-hydrogen) atoms. The summed E-state index contributed by atoms with van der Waals surface area (Å²) in [5.41, 5.74) is 2.64. The lowest BCUT2D eigenvalue weighted by atomic mass is 10.1. The number of aromatic nitrogens is 2. The van der Waals surface area contributed by atoms with Crippen molar-refractivity contribution in [1.29, 1.82) is 0 Å². The van der Waals surface area contributed by atoms with Crippen molar-refractivity contribution in [3.8, 4) is 0 Å². The molecule has 0 spiro atoms. The predicted molar refractivity (Wildman–Crippen MR) is 105 cm³/mol. The molecule has 6 nitrogen and oxygen atoms in total. The molecule has 1 amide bonds. The third kappa shape index (κ3) is 2.96. The van der Waals surface area contributed by atoms with Crippen molar-refractivity contribution in [2.45, 2.75) is 52.9 Å². The smallest absolute Gasteiger partial charge is 0.410 e. The van der Waals surface area contributed by atoms with Crippen LogP contribution in [-0.4, -0.2) is 32.1 Å². The van der Waals surface area contributed by atoms with Gasteiger partial charge in [0.15, 0.2) is 0 Å². The van der Waals surface area contributed by atoms with Gasteiger partial charge in [-0.3, -0.25) is 4.90 Å². The summed E-state index contributed by atoms with van der Waals surface area (Å²) in [6.07, 6.45) is 1.51. The van der Waals surface area contributed by atoms with Crippen LogP contribution in [-0.2, 0) is 29.2 Å². The molecular weight excluding hydrogens is 354 g/mol. The van der Waals surface area contributed by atoms with Gasteiger partial charge in [-0.05, 0) is 44.2 Å². The van der Waals surface area contributed by atoms with Gasteiger partial charge in [0.25, 0.3) is 0 Å². The Labute approximate surface area is 163 Å². The molecule has 2 aliphatic rings. The quantitative estimate of drug-likeness (QED) is 0.750. The number of fused-ring (bicyclic) bond motifs is 2. The molecule has 2 heterocycles. The van der Waals surface area contributed by atoms with E-state index >= 15 is 0 Å². The lowest BCUT2D eigenvalue weighted by Crippen LogP contribution is -2.34. The van der Waals surface area contributed by atoms with Gasteiger partial charge in [0.2, 0.25) is 0 Å². The van der Waals surface area contributed by atoms with Crippen LogP contribution >= 0.6 is 0 Å². The monoisotopic (exact) mass is 377 g/mol. The van der Waals surface area contributed by atoms with Crippen molar-refractivity contribution in [3.05, 3.63) is 57.5 Å². The molecule has 0 saturated heterocycles. The van der Waals surface area contributed by atoms with Crippen molar-refractivity contribution in [2.24, 2.45) is 0 Å². The lowest BCUT2D eigenvalue weighted by Gasteiger charge is -2.24. The number of nitrogens with zero attached hydrogens (tertiary/aromatic N) is 3. The standard InChI is InChI=1S/C22H23N3O3/c1-5-25-18-12-24(21(27)28-22(2,3)4)11-17(18)23-20(25)19-15(13-26)10-14-8-6-7-9-16(14)19/h6-10H,5,11-12H2,1-4H3. The summed E-state index contributed by atoms with van der Waals surface area (Å²) in [5.74, 6) is 2.82. The molecule has 4 rings (SSSR count). The maximum atomic E-state index is 12.4. The number of hydrogen-bond acceptors (Lipinski definition) is 4. The molecule has 0 fully saturated rings. The Hall–Kier alpha value is -3.11. The van der Waals surface area contributed by atoms with Crippen LogP contribution in [0.3, 0.4) is 0 Å². The summed E-state index contributed by atoms with van der Waals surface area (Å²) in [5, 5.41) is 1.99. The number of carbonyl (C=O) groups excluding carboxylic acids is 2. The van der Waals surface area contributed by atoms with E-state index in [0.717, 1.165) is 33.2 Å². The van der Waals surface area contributed by atoms with Crippen LogP contribution in [0.1, 0.15) is 44.9 Å². The highest BCUT2D eigenvalue weighted by Gasteiger charge is 2.33. The van der Waals surface area contributed by atoms with Gasteiger partial charge < -0.3 is 9.30 Å². The molecule has 1 aliphatic carbocycles. The van der Waals surface area contributed by atoms with E-state index in [9.17, 15) is 9.59 Å². The molecule has 0 unspecified atom stereocenters. The molecule has 144 valence electrons. The van der Waals surface area contributed by atoms with Crippen molar-refractivity contribution in [1.82, 2.24) is 14.5 Å². The van der Waals surface area contributed by atoms with Gasteiger partial charge in [-0.25, -0.2) is 14.6 Å². The van der Waals surface area contributed by atoms with Gasteiger partial charge in [-0.2, -0.15) is 0 Å². The summed E-state index contributed by atoms with van der Waals surface area (Å²) < 4.78 is 7.58. The van der Waals surface area contributed by atoms with E-state index in [4.69, 9.17) is 9.72 Å². The molecule has 1 aliphatic heterocycles. The Morgan fingerprint density at radius 2 is 2.00 bits per heavy atom. The second-order valence-electron chi connectivity index (χ2n) is 8.03. The van der Waals surface area contributed by atoms with Gasteiger partial charge in [0.1, 0.15) is 17.4 Å². The molecule has 2 aromatic rings. The lowest BCUT2D eigenvalue weighted by molar-refractivity contribution is 0.0237. The molecule has 0 N–H and O–H groups in total. The van der Waals surface area contributed by atoms with Crippen LogP contribution in [0.5, 0.6) is 0 Å². The molecule has 6 heteroatoms. The van der Waals surface area contributed by atoms with Crippen LogP contribution in [0.2, 0.25) is 0 Å². The Bertz CT molecular complexity index is 1140. The van der Waals surface area contributed by atoms with Gasteiger partial charge in [0, 0.05) is 12.1 Å². The summed E-state index contributed by atoms with van der Waals surface area (Å²) in [4.78, 5) is 30.5. The first-order chi connectivity index (χ1) is 13.3. The molecule has 0 atom stereocenters. The third-order valence-electron chi connectivity index (χ3n) is 4.94. The molecular formula is C22H23N3O3. The van der Waals surface area contributed by atoms with Crippen LogP contribution < -0.4 is 10.4 Å². The van der Waals surface area contributed by atoms with Gasteiger partial charge >= 0.3 is 6.09 Å². The van der Waals surface area contributed by atoms with Crippen molar-refractivity contribution < 1.29 is 14.3 Å². The fraction of sp³-hybridized carbons (Fsp3) is 0.364. The van der Waals surface area contributed by atoms with Crippen molar-refractivity contribution in [3.63, 3.8) is 0 Å². The normalized spacial score (nSPS) is 15.2. The van der Waals surface area contributed by atoms with E-state index in [1.165, 1.54) is 0 Å². The minimum absolute atomic E-state index is 0.338. The number of rotatable bonds is 2. The fourth-order valence-corrected chi connectivity index (χ4v) is 3.79.